The second-order valence-corrected chi connectivity index (χ2v) is 7.23. The van der Waals surface area contributed by atoms with E-state index < -0.39 is 0 Å². The minimum Gasteiger partial charge on any atom is -0.501 e. The number of thiophene rings is 1. The molecule has 27 heavy (non-hydrogen) atoms. The standard InChI is InChI=1S/C21H20N2O2S2/c1-3-25-17-10-8-16(9-11-17)22-21(26)19(20(24)18-7-5-13-27-18)23-12-4-6-15(2)14-23/h4-14H,3H2,1-2H3,(H-,22,24,26)/p+1. The molecular formula is C21H21N2O2S2+. The number of hydrogen-bond donors (Lipinski definition) is 2. The van der Waals surface area contributed by atoms with Gasteiger partial charge in [0.1, 0.15) is 5.75 Å². The van der Waals surface area contributed by atoms with E-state index in [1.54, 1.807) is 0 Å². The molecule has 2 N–H and O–H groups in total. The topological polar surface area (TPSA) is 45.4 Å². The maximum Gasteiger partial charge on any atom is 0.289 e. The van der Waals surface area contributed by atoms with Gasteiger partial charge in [-0.05, 0) is 55.6 Å². The van der Waals surface area contributed by atoms with E-state index in [4.69, 9.17) is 17.0 Å². The average Bonchev–Trinajstić information content (AvgIpc) is 3.18. The third-order valence-electron chi connectivity index (χ3n) is 3.82. The van der Waals surface area contributed by atoms with Gasteiger partial charge in [-0.25, -0.2) is 0 Å². The summed E-state index contributed by atoms with van der Waals surface area (Å²) in [6.07, 6.45) is 3.81. The summed E-state index contributed by atoms with van der Waals surface area (Å²) >= 11 is 7.10. The Balaban J connectivity index is 1.95. The quantitative estimate of drug-likeness (QED) is 0.264. The molecule has 0 amide bonds. The Morgan fingerprint density at radius 2 is 1.96 bits per heavy atom. The minimum atomic E-state index is 0.143. The monoisotopic (exact) mass is 397 g/mol. The van der Waals surface area contributed by atoms with Gasteiger partial charge in [0, 0.05) is 17.3 Å². The molecule has 2 heterocycles. The first-order valence-corrected chi connectivity index (χ1v) is 9.87. The Hall–Kier alpha value is -2.70. The van der Waals surface area contributed by atoms with Crippen LogP contribution in [0, 0.1) is 6.92 Å². The number of ether oxygens (including phenoxy) is 1. The second kappa shape index (κ2) is 8.79. The molecule has 138 valence electrons. The molecule has 2 aromatic heterocycles. The smallest absolute Gasteiger partial charge is 0.289 e. The first-order valence-electron chi connectivity index (χ1n) is 8.58. The maximum atomic E-state index is 10.9. The van der Waals surface area contributed by atoms with Gasteiger partial charge in [-0.2, -0.15) is 4.57 Å². The molecule has 0 aliphatic carbocycles. The van der Waals surface area contributed by atoms with E-state index in [1.807, 2.05) is 84.7 Å². The molecule has 3 rings (SSSR count). The summed E-state index contributed by atoms with van der Waals surface area (Å²) in [5, 5.41) is 16.0. The zero-order valence-electron chi connectivity index (χ0n) is 15.2. The van der Waals surface area contributed by atoms with E-state index in [2.05, 4.69) is 5.32 Å². The van der Waals surface area contributed by atoms with Crippen LogP contribution in [0.5, 0.6) is 5.75 Å². The number of nitrogens with zero attached hydrogens (tertiary/aromatic N) is 1. The SMILES string of the molecule is CCOc1ccc(NC(=S)/C(=C(\O)c2cccs2)[n+]2cccc(C)c2)cc1. The van der Waals surface area contributed by atoms with Crippen molar-refractivity contribution in [1.29, 1.82) is 0 Å². The maximum absolute atomic E-state index is 10.9. The predicted molar refractivity (Wildman–Crippen MR) is 115 cm³/mol. The Kier molecular flexibility index (Phi) is 6.21. The van der Waals surface area contributed by atoms with Crippen LogP contribution in [0.25, 0.3) is 11.5 Å². The summed E-state index contributed by atoms with van der Waals surface area (Å²) < 4.78 is 7.31. The van der Waals surface area contributed by atoms with Crippen molar-refractivity contribution in [3.05, 3.63) is 76.7 Å². The lowest BCUT2D eigenvalue weighted by Gasteiger charge is -2.10. The number of aromatic nitrogens is 1. The second-order valence-electron chi connectivity index (χ2n) is 5.87. The van der Waals surface area contributed by atoms with E-state index in [0.29, 0.717) is 17.3 Å². The van der Waals surface area contributed by atoms with Gasteiger partial charge < -0.3 is 15.2 Å². The summed E-state index contributed by atoms with van der Waals surface area (Å²) in [7, 11) is 0. The summed E-state index contributed by atoms with van der Waals surface area (Å²) in [5.74, 6) is 0.947. The van der Waals surface area contributed by atoms with Gasteiger partial charge in [0.2, 0.25) is 5.76 Å². The van der Waals surface area contributed by atoms with Crippen LogP contribution in [-0.4, -0.2) is 16.7 Å². The number of nitrogens with one attached hydrogen (secondary N) is 1. The van der Waals surface area contributed by atoms with Gasteiger partial charge >= 0.3 is 0 Å². The zero-order valence-corrected chi connectivity index (χ0v) is 16.8. The highest BCUT2D eigenvalue weighted by Crippen LogP contribution is 2.23. The molecule has 0 bridgehead atoms. The fraction of sp³-hybridized carbons (Fsp3) is 0.143. The third-order valence-corrected chi connectivity index (χ3v) is 5.00. The van der Waals surface area contributed by atoms with Crippen molar-refractivity contribution in [1.82, 2.24) is 0 Å². The molecule has 4 nitrogen and oxygen atoms in total. The number of benzene rings is 1. The lowest BCUT2D eigenvalue weighted by atomic mass is 10.2. The normalized spacial score (nSPS) is 11.6. The molecule has 0 aliphatic heterocycles. The molecular weight excluding hydrogens is 376 g/mol. The van der Waals surface area contributed by atoms with Crippen molar-refractivity contribution in [3.63, 3.8) is 0 Å². The van der Waals surface area contributed by atoms with Crippen LogP contribution in [0.1, 0.15) is 17.4 Å². The van der Waals surface area contributed by atoms with Gasteiger partial charge in [-0.3, -0.25) is 0 Å². The average molecular weight is 398 g/mol. The molecule has 0 spiro atoms. The molecule has 0 saturated heterocycles. The van der Waals surface area contributed by atoms with Gasteiger partial charge in [-0.1, -0.05) is 18.3 Å². The predicted octanol–water partition coefficient (Wildman–Crippen LogP) is 5.07. The molecule has 6 heteroatoms. The molecule has 0 unspecified atom stereocenters. The number of aryl methyl sites for hydroxylation is 1. The van der Waals surface area contributed by atoms with E-state index in [9.17, 15) is 5.11 Å². The van der Waals surface area contributed by atoms with Crippen LogP contribution in [-0.2, 0) is 0 Å². The van der Waals surface area contributed by atoms with Gasteiger partial charge in [0.25, 0.3) is 5.70 Å². The van der Waals surface area contributed by atoms with Crippen molar-refractivity contribution >= 4 is 45.7 Å². The van der Waals surface area contributed by atoms with Crippen LogP contribution >= 0.6 is 23.6 Å². The summed E-state index contributed by atoms with van der Waals surface area (Å²) in [5.41, 5.74) is 2.43. The van der Waals surface area contributed by atoms with Crippen molar-refractivity contribution in [2.75, 3.05) is 11.9 Å². The van der Waals surface area contributed by atoms with Crippen molar-refractivity contribution in [2.24, 2.45) is 0 Å². The van der Waals surface area contributed by atoms with E-state index >= 15 is 0 Å². The van der Waals surface area contributed by atoms with Gasteiger partial charge in [0.05, 0.1) is 11.5 Å². The van der Waals surface area contributed by atoms with Crippen LogP contribution in [0.15, 0.2) is 66.3 Å². The molecule has 0 radical (unpaired) electrons. The van der Waals surface area contributed by atoms with E-state index in [1.165, 1.54) is 11.3 Å². The van der Waals surface area contributed by atoms with Crippen LogP contribution < -0.4 is 14.6 Å². The van der Waals surface area contributed by atoms with E-state index in [0.717, 1.165) is 21.9 Å². The molecule has 0 atom stereocenters. The Morgan fingerprint density at radius 3 is 2.59 bits per heavy atom. The van der Waals surface area contributed by atoms with Crippen molar-refractivity contribution in [3.8, 4) is 5.75 Å². The number of hydrogen-bond acceptors (Lipinski definition) is 4. The highest BCUT2D eigenvalue weighted by Gasteiger charge is 2.24. The Labute approximate surface area is 168 Å². The number of rotatable bonds is 6. The Bertz CT molecular complexity index is 949. The van der Waals surface area contributed by atoms with Crippen LogP contribution in [0.2, 0.25) is 0 Å². The number of anilines is 1. The summed E-state index contributed by atoms with van der Waals surface area (Å²) in [6, 6.07) is 15.3. The minimum absolute atomic E-state index is 0.143. The van der Waals surface area contributed by atoms with Crippen molar-refractivity contribution < 1.29 is 14.4 Å². The summed E-state index contributed by atoms with van der Waals surface area (Å²) in [6.45, 7) is 4.57. The third kappa shape index (κ3) is 4.72. The molecule has 0 saturated carbocycles. The number of pyridine rings is 1. The molecule has 0 aliphatic rings. The van der Waals surface area contributed by atoms with E-state index in [-0.39, 0.29) is 5.76 Å². The lowest BCUT2D eigenvalue weighted by molar-refractivity contribution is -0.576. The summed E-state index contributed by atoms with van der Waals surface area (Å²) in [4.78, 5) is 1.19. The highest BCUT2D eigenvalue weighted by atomic mass is 32.1. The zero-order chi connectivity index (χ0) is 19.2. The van der Waals surface area contributed by atoms with Crippen LogP contribution in [0.3, 0.4) is 0 Å². The number of aliphatic hydroxyl groups excluding tert-OH is 1. The lowest BCUT2D eigenvalue weighted by Crippen LogP contribution is -2.38. The molecule has 3 aromatic rings. The molecule has 0 fully saturated rings. The fourth-order valence-electron chi connectivity index (χ4n) is 2.60. The van der Waals surface area contributed by atoms with Crippen molar-refractivity contribution in [2.45, 2.75) is 13.8 Å². The number of aliphatic hydroxyl groups is 1. The highest BCUT2D eigenvalue weighted by molar-refractivity contribution is 7.81. The largest absolute Gasteiger partial charge is 0.501 e. The Morgan fingerprint density at radius 1 is 1.19 bits per heavy atom. The van der Waals surface area contributed by atoms with Gasteiger partial charge in [0.15, 0.2) is 17.4 Å². The number of thiocarbonyl (C=S) groups is 1. The first kappa shape index (κ1) is 19.1. The fourth-order valence-corrected chi connectivity index (χ4v) is 3.59. The van der Waals surface area contributed by atoms with Gasteiger partial charge in [-0.15, -0.1) is 11.3 Å². The van der Waals surface area contributed by atoms with Crippen LogP contribution in [0.4, 0.5) is 5.69 Å². The first-order chi connectivity index (χ1) is 13.1. The molecule has 1 aromatic carbocycles.